The molecule has 0 amide bonds. The monoisotopic (exact) mass is 570 g/mol. The Hall–Kier alpha value is -1.14. The summed E-state index contributed by atoms with van der Waals surface area (Å²) in [6.07, 6.45) is 28.2. The van der Waals surface area contributed by atoms with Gasteiger partial charge in [-0.25, -0.2) is 0 Å². The molecule has 0 aromatic rings. The molecule has 0 saturated heterocycles. The van der Waals surface area contributed by atoms with Crippen LogP contribution in [0.15, 0.2) is 0 Å². The van der Waals surface area contributed by atoms with E-state index >= 15 is 0 Å². The number of unbranched alkanes of at least 4 members (excludes halogenated alkanes) is 20. The van der Waals surface area contributed by atoms with Crippen LogP contribution < -0.4 is 0 Å². The van der Waals surface area contributed by atoms with E-state index in [1.165, 1.54) is 116 Å². The highest BCUT2D eigenvalue weighted by Gasteiger charge is 2.13. The van der Waals surface area contributed by atoms with Crippen LogP contribution in [0, 0.1) is 0 Å². The molecule has 0 bridgehead atoms. The average molecular weight is 571 g/mol. The maximum Gasteiger partial charge on any atom is 0.305 e. The Bertz CT molecular complexity index is 539. The lowest BCUT2D eigenvalue weighted by Crippen LogP contribution is -2.28. The first-order valence-electron chi connectivity index (χ1n) is 17.2. The van der Waals surface area contributed by atoms with E-state index in [2.05, 4.69) is 13.8 Å². The molecule has 6 nitrogen and oxygen atoms in total. The van der Waals surface area contributed by atoms with E-state index in [9.17, 15) is 9.59 Å². The molecule has 0 saturated carbocycles. The van der Waals surface area contributed by atoms with E-state index in [1.807, 2.05) is 0 Å². The van der Waals surface area contributed by atoms with Gasteiger partial charge in [0.1, 0.15) is 12.7 Å². The fourth-order valence-corrected chi connectivity index (χ4v) is 4.87. The van der Waals surface area contributed by atoms with Gasteiger partial charge in [0, 0.05) is 26.1 Å². The molecule has 0 heterocycles. The fraction of sp³-hybridized carbons (Fsp3) is 0.941. The minimum Gasteiger partial charge on any atom is -0.481 e. The van der Waals surface area contributed by atoms with Crippen molar-refractivity contribution in [1.29, 1.82) is 0 Å². The molecule has 1 unspecified atom stereocenters. The van der Waals surface area contributed by atoms with Gasteiger partial charge in [-0.05, 0) is 25.7 Å². The molecule has 0 aliphatic heterocycles. The molecule has 0 aromatic heterocycles. The third-order valence-electron chi connectivity index (χ3n) is 7.50. The van der Waals surface area contributed by atoms with Crippen LogP contribution in [0.3, 0.4) is 0 Å². The van der Waals surface area contributed by atoms with Crippen molar-refractivity contribution >= 4 is 11.9 Å². The topological polar surface area (TPSA) is 82.1 Å². The molecule has 0 spiro atoms. The zero-order valence-electron chi connectivity index (χ0n) is 26.6. The second-order valence-electron chi connectivity index (χ2n) is 11.6. The first kappa shape index (κ1) is 38.9. The van der Waals surface area contributed by atoms with Crippen LogP contribution in [-0.4, -0.2) is 49.6 Å². The minimum atomic E-state index is -0.789. The molecule has 0 aliphatic rings. The second-order valence-corrected chi connectivity index (χ2v) is 11.6. The highest BCUT2D eigenvalue weighted by molar-refractivity contribution is 5.69. The number of carboxylic acid groups (broad SMARTS) is 1. The lowest BCUT2D eigenvalue weighted by Gasteiger charge is -2.18. The highest BCUT2D eigenvalue weighted by Crippen LogP contribution is 2.12. The quantitative estimate of drug-likeness (QED) is 0.0624. The average Bonchev–Trinajstić information content (AvgIpc) is 2.94. The summed E-state index contributed by atoms with van der Waals surface area (Å²) in [5, 5.41) is 8.71. The van der Waals surface area contributed by atoms with Crippen LogP contribution >= 0.6 is 0 Å². The molecule has 40 heavy (non-hydrogen) atoms. The van der Waals surface area contributed by atoms with Gasteiger partial charge in [0.15, 0.2) is 0 Å². The Morgan fingerprint density at radius 1 is 0.525 bits per heavy atom. The van der Waals surface area contributed by atoms with Gasteiger partial charge in [0.05, 0.1) is 6.61 Å². The number of esters is 1. The lowest BCUT2D eigenvalue weighted by atomic mass is 10.1. The molecule has 238 valence electrons. The van der Waals surface area contributed by atoms with Crippen molar-refractivity contribution in [2.45, 2.75) is 180 Å². The summed E-state index contributed by atoms with van der Waals surface area (Å²) >= 11 is 0. The molecule has 0 radical (unpaired) electrons. The standard InChI is InChI=1S/C34H66O6/c1-3-5-7-9-11-13-15-17-19-24-28-38-30-32(31-40-34(37)27-23-21-22-26-33(35)36)39-29-25-20-18-16-14-12-10-8-6-4-2/h32H,3-31H2,1-2H3,(H,35,36). The molecule has 0 fully saturated rings. The van der Waals surface area contributed by atoms with E-state index in [0.717, 1.165) is 25.9 Å². The van der Waals surface area contributed by atoms with Crippen LogP contribution in [0.5, 0.6) is 0 Å². The third-order valence-corrected chi connectivity index (χ3v) is 7.50. The van der Waals surface area contributed by atoms with Gasteiger partial charge in [-0.15, -0.1) is 0 Å². The molecule has 6 heteroatoms. The van der Waals surface area contributed by atoms with E-state index in [-0.39, 0.29) is 25.1 Å². The molecule has 1 N–H and O–H groups in total. The maximum atomic E-state index is 12.1. The zero-order chi connectivity index (χ0) is 29.4. The van der Waals surface area contributed by atoms with Gasteiger partial charge >= 0.3 is 11.9 Å². The second kappa shape index (κ2) is 32.4. The number of hydrogen-bond donors (Lipinski definition) is 1. The van der Waals surface area contributed by atoms with Gasteiger partial charge < -0.3 is 19.3 Å². The predicted molar refractivity (Wildman–Crippen MR) is 166 cm³/mol. The summed E-state index contributed by atoms with van der Waals surface area (Å²) < 4.78 is 17.5. The van der Waals surface area contributed by atoms with Crippen molar-refractivity contribution < 1.29 is 28.9 Å². The normalized spacial score (nSPS) is 12.1. The van der Waals surface area contributed by atoms with Crippen molar-refractivity contribution in [2.24, 2.45) is 0 Å². The highest BCUT2D eigenvalue weighted by atomic mass is 16.6. The molecular weight excluding hydrogens is 504 g/mol. The summed E-state index contributed by atoms with van der Waals surface area (Å²) in [4.78, 5) is 22.7. The van der Waals surface area contributed by atoms with Gasteiger partial charge in [0.2, 0.25) is 0 Å². The summed E-state index contributed by atoms with van der Waals surface area (Å²) in [7, 11) is 0. The van der Waals surface area contributed by atoms with Crippen LogP contribution in [0.1, 0.15) is 174 Å². The zero-order valence-corrected chi connectivity index (χ0v) is 26.6. The summed E-state index contributed by atoms with van der Waals surface area (Å²) in [5.74, 6) is -1.03. The fourth-order valence-electron chi connectivity index (χ4n) is 4.87. The minimum absolute atomic E-state index is 0.153. The van der Waals surface area contributed by atoms with E-state index < -0.39 is 5.97 Å². The lowest BCUT2D eigenvalue weighted by molar-refractivity contribution is -0.150. The van der Waals surface area contributed by atoms with Crippen molar-refractivity contribution in [3.05, 3.63) is 0 Å². The summed E-state index contributed by atoms with van der Waals surface area (Å²) in [6.45, 7) is 6.61. The molecule has 1 atom stereocenters. The molecule has 0 aliphatic carbocycles. The number of hydrogen-bond acceptors (Lipinski definition) is 5. The third kappa shape index (κ3) is 31.4. The number of carbonyl (C=O) groups is 2. The number of ether oxygens (including phenoxy) is 3. The van der Waals surface area contributed by atoms with E-state index in [0.29, 0.717) is 32.5 Å². The maximum absolute atomic E-state index is 12.1. The number of carbonyl (C=O) groups excluding carboxylic acids is 1. The first-order chi connectivity index (χ1) is 19.6. The van der Waals surface area contributed by atoms with Crippen LogP contribution in [0.2, 0.25) is 0 Å². The Kier molecular flexibility index (Phi) is 31.5. The Morgan fingerprint density at radius 2 is 0.950 bits per heavy atom. The van der Waals surface area contributed by atoms with Crippen molar-refractivity contribution in [2.75, 3.05) is 26.4 Å². The van der Waals surface area contributed by atoms with Crippen LogP contribution in [0.25, 0.3) is 0 Å². The van der Waals surface area contributed by atoms with Crippen molar-refractivity contribution in [3.8, 4) is 0 Å². The summed E-state index contributed by atoms with van der Waals surface area (Å²) in [5.41, 5.74) is 0. The van der Waals surface area contributed by atoms with E-state index in [1.54, 1.807) is 0 Å². The largest absolute Gasteiger partial charge is 0.481 e. The van der Waals surface area contributed by atoms with Gasteiger partial charge in [-0.2, -0.15) is 0 Å². The van der Waals surface area contributed by atoms with Crippen LogP contribution in [-0.2, 0) is 23.8 Å². The Balaban J connectivity index is 4.03. The van der Waals surface area contributed by atoms with Crippen molar-refractivity contribution in [1.82, 2.24) is 0 Å². The van der Waals surface area contributed by atoms with Crippen molar-refractivity contribution in [3.63, 3.8) is 0 Å². The predicted octanol–water partition coefficient (Wildman–Crippen LogP) is 9.81. The number of aliphatic carboxylic acids is 1. The van der Waals surface area contributed by atoms with Gasteiger partial charge in [-0.3, -0.25) is 9.59 Å². The number of rotatable bonds is 33. The molecular formula is C34H66O6. The van der Waals surface area contributed by atoms with Gasteiger partial charge in [-0.1, -0.05) is 136 Å². The smallest absolute Gasteiger partial charge is 0.305 e. The first-order valence-corrected chi connectivity index (χ1v) is 17.2. The molecule has 0 aromatic carbocycles. The van der Waals surface area contributed by atoms with E-state index in [4.69, 9.17) is 19.3 Å². The molecule has 0 rings (SSSR count). The Labute approximate surface area is 247 Å². The SMILES string of the molecule is CCCCCCCCCCCCOCC(COC(=O)CCCCCC(=O)O)OCCCCCCCCCCCC. The Morgan fingerprint density at radius 3 is 1.45 bits per heavy atom. The van der Waals surface area contributed by atoms with Crippen LogP contribution in [0.4, 0.5) is 0 Å². The summed E-state index contributed by atoms with van der Waals surface area (Å²) in [6, 6.07) is 0. The van der Waals surface area contributed by atoms with Gasteiger partial charge in [0.25, 0.3) is 0 Å². The number of carboxylic acids is 1.